The molecule has 0 rings (SSSR count). The fourth-order valence-corrected chi connectivity index (χ4v) is 0.844. The number of esters is 1. The Morgan fingerprint density at radius 2 is 1.92 bits per heavy atom. The summed E-state index contributed by atoms with van der Waals surface area (Å²) < 4.78 is 4.96. The molecule has 0 aromatic rings. The van der Waals surface area contributed by atoms with Crippen molar-refractivity contribution in [3.63, 3.8) is 0 Å². The normalized spacial score (nSPS) is 11.8. The van der Waals surface area contributed by atoms with Gasteiger partial charge in [-0.3, -0.25) is 4.79 Å². The fourth-order valence-electron chi connectivity index (χ4n) is 0.844. The van der Waals surface area contributed by atoms with Crippen LogP contribution < -0.4 is 5.32 Å². The van der Waals surface area contributed by atoms with Crippen LogP contribution in [0.5, 0.6) is 0 Å². The van der Waals surface area contributed by atoms with E-state index in [-0.39, 0.29) is 17.5 Å². The standard InChI is InChI=1S/C10H21NO2/c1-8(2)13-9(12)6-11-7-10(3,4)5/h8,11H,6-7H2,1-5H3. The molecule has 0 aliphatic rings. The zero-order valence-corrected chi connectivity index (χ0v) is 9.31. The lowest BCUT2D eigenvalue weighted by atomic mass is 9.97. The molecule has 0 saturated carbocycles. The molecule has 0 unspecified atom stereocenters. The summed E-state index contributed by atoms with van der Waals surface area (Å²) in [6.07, 6.45) is -0.0241. The van der Waals surface area contributed by atoms with Crippen molar-refractivity contribution in [3.8, 4) is 0 Å². The third-order valence-electron chi connectivity index (χ3n) is 1.29. The molecule has 0 amide bonds. The topological polar surface area (TPSA) is 38.3 Å². The maximum atomic E-state index is 11.1. The van der Waals surface area contributed by atoms with Crippen LogP contribution in [-0.2, 0) is 9.53 Å². The molecule has 0 spiro atoms. The van der Waals surface area contributed by atoms with E-state index in [1.807, 2.05) is 13.8 Å². The summed E-state index contributed by atoms with van der Waals surface area (Å²) in [4.78, 5) is 11.1. The summed E-state index contributed by atoms with van der Waals surface area (Å²) in [7, 11) is 0. The van der Waals surface area contributed by atoms with E-state index in [2.05, 4.69) is 26.1 Å². The molecule has 0 heterocycles. The molecular weight excluding hydrogens is 166 g/mol. The highest BCUT2D eigenvalue weighted by Gasteiger charge is 2.11. The smallest absolute Gasteiger partial charge is 0.320 e. The van der Waals surface area contributed by atoms with E-state index < -0.39 is 0 Å². The van der Waals surface area contributed by atoms with Crippen LogP contribution in [0.4, 0.5) is 0 Å². The van der Waals surface area contributed by atoms with Gasteiger partial charge in [-0.25, -0.2) is 0 Å². The molecule has 78 valence electrons. The van der Waals surface area contributed by atoms with Crippen molar-refractivity contribution in [1.29, 1.82) is 0 Å². The van der Waals surface area contributed by atoms with Crippen LogP contribution in [0.1, 0.15) is 34.6 Å². The lowest BCUT2D eigenvalue weighted by Gasteiger charge is -2.18. The Bertz CT molecular complexity index is 159. The summed E-state index contributed by atoms with van der Waals surface area (Å²) in [6.45, 7) is 11.2. The monoisotopic (exact) mass is 187 g/mol. The van der Waals surface area contributed by atoms with Crippen LogP contribution >= 0.6 is 0 Å². The first-order valence-corrected chi connectivity index (χ1v) is 4.71. The van der Waals surface area contributed by atoms with Crippen molar-refractivity contribution in [2.45, 2.75) is 40.7 Å². The van der Waals surface area contributed by atoms with Gasteiger partial charge < -0.3 is 10.1 Å². The molecule has 0 bridgehead atoms. The van der Waals surface area contributed by atoms with Crippen LogP contribution in [0.15, 0.2) is 0 Å². The summed E-state index contributed by atoms with van der Waals surface area (Å²) in [5.74, 6) is -0.181. The largest absolute Gasteiger partial charge is 0.462 e. The molecule has 1 N–H and O–H groups in total. The van der Waals surface area contributed by atoms with Crippen molar-refractivity contribution in [3.05, 3.63) is 0 Å². The van der Waals surface area contributed by atoms with Gasteiger partial charge in [0, 0.05) is 6.54 Å². The highest BCUT2D eigenvalue weighted by molar-refractivity contribution is 5.71. The number of ether oxygens (including phenoxy) is 1. The van der Waals surface area contributed by atoms with Crippen molar-refractivity contribution in [1.82, 2.24) is 5.32 Å². The second-order valence-corrected chi connectivity index (χ2v) is 4.70. The minimum Gasteiger partial charge on any atom is -0.462 e. The first-order valence-electron chi connectivity index (χ1n) is 4.71. The van der Waals surface area contributed by atoms with Gasteiger partial charge in [-0.1, -0.05) is 20.8 Å². The first-order chi connectivity index (χ1) is 5.81. The highest BCUT2D eigenvalue weighted by atomic mass is 16.5. The van der Waals surface area contributed by atoms with Gasteiger partial charge in [-0.15, -0.1) is 0 Å². The number of hydrogen-bond donors (Lipinski definition) is 1. The predicted octanol–water partition coefficient (Wildman–Crippen LogP) is 1.57. The summed E-state index contributed by atoms with van der Waals surface area (Å²) in [5.41, 5.74) is 0.206. The van der Waals surface area contributed by atoms with Gasteiger partial charge in [0.1, 0.15) is 0 Å². The average molecular weight is 187 g/mol. The number of carbonyl (C=O) groups is 1. The van der Waals surface area contributed by atoms with E-state index in [4.69, 9.17) is 4.74 Å². The van der Waals surface area contributed by atoms with E-state index in [1.54, 1.807) is 0 Å². The Kier molecular flexibility index (Phi) is 4.99. The minimum absolute atomic E-state index is 0.0241. The van der Waals surface area contributed by atoms with E-state index in [9.17, 15) is 4.79 Å². The van der Waals surface area contributed by atoms with Crippen molar-refractivity contribution in [2.75, 3.05) is 13.1 Å². The Morgan fingerprint density at radius 3 is 2.31 bits per heavy atom. The van der Waals surface area contributed by atoms with Gasteiger partial charge >= 0.3 is 5.97 Å². The molecule has 13 heavy (non-hydrogen) atoms. The SMILES string of the molecule is CC(C)OC(=O)CNCC(C)(C)C. The fraction of sp³-hybridized carbons (Fsp3) is 0.900. The summed E-state index contributed by atoms with van der Waals surface area (Å²) >= 11 is 0. The van der Waals surface area contributed by atoms with Crippen molar-refractivity contribution >= 4 is 5.97 Å². The quantitative estimate of drug-likeness (QED) is 0.679. The second kappa shape index (κ2) is 5.22. The molecule has 0 aromatic heterocycles. The van der Waals surface area contributed by atoms with E-state index in [0.29, 0.717) is 6.54 Å². The van der Waals surface area contributed by atoms with E-state index >= 15 is 0 Å². The third-order valence-corrected chi connectivity index (χ3v) is 1.29. The minimum atomic E-state index is -0.181. The highest BCUT2D eigenvalue weighted by Crippen LogP contribution is 2.09. The molecule has 0 atom stereocenters. The number of carbonyl (C=O) groups excluding carboxylic acids is 1. The van der Waals surface area contributed by atoms with Crippen LogP contribution in [0.3, 0.4) is 0 Å². The third kappa shape index (κ3) is 9.34. The predicted molar refractivity (Wildman–Crippen MR) is 53.6 cm³/mol. The molecule has 0 saturated heterocycles. The molecule has 3 heteroatoms. The van der Waals surface area contributed by atoms with Crippen LogP contribution in [0, 0.1) is 5.41 Å². The summed E-state index contributed by atoms with van der Waals surface area (Å²) in [6, 6.07) is 0. The van der Waals surface area contributed by atoms with Gasteiger partial charge in [-0.05, 0) is 19.3 Å². The second-order valence-electron chi connectivity index (χ2n) is 4.70. The number of hydrogen-bond acceptors (Lipinski definition) is 3. The maximum absolute atomic E-state index is 11.1. The number of nitrogens with one attached hydrogen (secondary N) is 1. The van der Waals surface area contributed by atoms with Crippen LogP contribution in [0.2, 0.25) is 0 Å². The Labute approximate surface area is 80.8 Å². The maximum Gasteiger partial charge on any atom is 0.320 e. The van der Waals surface area contributed by atoms with Gasteiger partial charge in [-0.2, -0.15) is 0 Å². The lowest BCUT2D eigenvalue weighted by molar-refractivity contribution is -0.146. The summed E-state index contributed by atoms with van der Waals surface area (Å²) in [5, 5.41) is 3.06. The molecule has 0 aromatic carbocycles. The Morgan fingerprint density at radius 1 is 1.38 bits per heavy atom. The van der Waals surface area contributed by atoms with Gasteiger partial charge in [0.15, 0.2) is 0 Å². The number of rotatable bonds is 4. The van der Waals surface area contributed by atoms with Gasteiger partial charge in [0.05, 0.1) is 12.6 Å². The van der Waals surface area contributed by atoms with E-state index in [0.717, 1.165) is 6.54 Å². The average Bonchev–Trinajstić information content (AvgIpc) is 1.81. The van der Waals surface area contributed by atoms with Crippen LogP contribution in [0.25, 0.3) is 0 Å². The van der Waals surface area contributed by atoms with Gasteiger partial charge in [0.2, 0.25) is 0 Å². The van der Waals surface area contributed by atoms with Gasteiger partial charge in [0.25, 0.3) is 0 Å². The van der Waals surface area contributed by atoms with Crippen molar-refractivity contribution < 1.29 is 9.53 Å². The first kappa shape index (κ1) is 12.4. The van der Waals surface area contributed by atoms with Crippen molar-refractivity contribution in [2.24, 2.45) is 5.41 Å². The molecular formula is C10H21NO2. The molecule has 0 aliphatic heterocycles. The molecule has 0 aliphatic carbocycles. The molecule has 3 nitrogen and oxygen atoms in total. The lowest BCUT2D eigenvalue weighted by Crippen LogP contribution is -2.32. The zero-order chi connectivity index (χ0) is 10.5. The Balaban J connectivity index is 3.49. The molecule has 0 radical (unpaired) electrons. The van der Waals surface area contributed by atoms with Crippen LogP contribution in [-0.4, -0.2) is 25.2 Å². The Hall–Kier alpha value is -0.570. The zero-order valence-electron chi connectivity index (χ0n) is 9.31. The van der Waals surface area contributed by atoms with E-state index in [1.165, 1.54) is 0 Å². The molecule has 0 fully saturated rings.